The Labute approximate surface area is 87.2 Å². The van der Waals surface area contributed by atoms with Crippen molar-refractivity contribution >= 4 is 5.91 Å². The van der Waals surface area contributed by atoms with E-state index in [4.69, 9.17) is 6.42 Å². The molecule has 0 saturated heterocycles. The Morgan fingerprint density at radius 2 is 2.13 bits per heavy atom. The molecule has 0 aromatic carbocycles. The molecule has 15 heavy (non-hydrogen) atoms. The highest BCUT2D eigenvalue weighted by Gasteiger charge is 2.28. The molecule has 0 saturated carbocycles. The van der Waals surface area contributed by atoms with Gasteiger partial charge in [0, 0.05) is 6.42 Å². The Balaban J connectivity index is 3.88. The Bertz CT molecular complexity index is 242. The molecule has 0 fully saturated rings. The van der Waals surface area contributed by atoms with E-state index in [0.29, 0.717) is 6.42 Å². The first-order valence-corrected chi connectivity index (χ1v) is 4.71. The molecule has 0 aromatic heterocycles. The van der Waals surface area contributed by atoms with Gasteiger partial charge in [-0.3, -0.25) is 4.79 Å². The fraction of sp³-hybridized carbons (Fsp3) is 0.700. The van der Waals surface area contributed by atoms with Crippen LogP contribution in [0.2, 0.25) is 0 Å². The van der Waals surface area contributed by atoms with Crippen LogP contribution in [0, 0.1) is 12.3 Å². The third kappa shape index (κ3) is 7.86. The van der Waals surface area contributed by atoms with Crippen LogP contribution in [0.25, 0.3) is 0 Å². The van der Waals surface area contributed by atoms with Crippen LogP contribution in [-0.4, -0.2) is 18.1 Å². The van der Waals surface area contributed by atoms with Gasteiger partial charge in [-0.15, -0.1) is 6.42 Å². The molecular weight excluding hydrogens is 207 g/mol. The number of carbonyl (C=O) groups excluding carboxylic acids is 1. The van der Waals surface area contributed by atoms with Gasteiger partial charge in [-0.25, -0.2) is 0 Å². The summed E-state index contributed by atoms with van der Waals surface area (Å²) in [7, 11) is 0. The van der Waals surface area contributed by atoms with Gasteiger partial charge in [0.05, 0.1) is 12.5 Å². The van der Waals surface area contributed by atoms with E-state index in [9.17, 15) is 18.0 Å². The molecule has 1 N–H and O–H groups in total. The van der Waals surface area contributed by atoms with E-state index >= 15 is 0 Å². The smallest absolute Gasteiger partial charge is 0.342 e. The molecule has 5 heteroatoms. The summed E-state index contributed by atoms with van der Waals surface area (Å²) in [5.41, 5.74) is 0. The molecule has 0 aliphatic rings. The lowest BCUT2D eigenvalue weighted by atomic mass is 10.1. The van der Waals surface area contributed by atoms with Gasteiger partial charge in [-0.1, -0.05) is 19.3 Å². The van der Waals surface area contributed by atoms with Crippen molar-refractivity contribution in [2.24, 2.45) is 0 Å². The van der Waals surface area contributed by atoms with Gasteiger partial charge in [0.2, 0.25) is 5.91 Å². The minimum Gasteiger partial charge on any atom is -0.342 e. The van der Waals surface area contributed by atoms with E-state index in [0.717, 1.165) is 6.42 Å². The van der Waals surface area contributed by atoms with E-state index in [1.165, 1.54) is 0 Å². The maximum atomic E-state index is 11.8. The minimum atomic E-state index is -4.30. The average Bonchev–Trinajstić information content (AvgIpc) is 2.13. The lowest BCUT2D eigenvalue weighted by molar-refractivity contribution is -0.144. The first-order chi connectivity index (χ1) is 6.89. The summed E-state index contributed by atoms with van der Waals surface area (Å²) in [6.45, 7) is 1.88. The minimum absolute atomic E-state index is 0.462. The van der Waals surface area contributed by atoms with Crippen LogP contribution < -0.4 is 5.32 Å². The van der Waals surface area contributed by atoms with Crippen molar-refractivity contribution < 1.29 is 18.0 Å². The maximum Gasteiger partial charge on any atom is 0.389 e. The molecule has 0 rings (SSSR count). The highest BCUT2D eigenvalue weighted by molar-refractivity contribution is 5.76. The predicted molar refractivity (Wildman–Crippen MR) is 51.0 cm³/mol. The highest BCUT2D eigenvalue weighted by atomic mass is 19.4. The van der Waals surface area contributed by atoms with Crippen molar-refractivity contribution in [2.75, 3.05) is 0 Å². The van der Waals surface area contributed by atoms with Gasteiger partial charge >= 0.3 is 6.18 Å². The molecule has 0 spiro atoms. The Hall–Kier alpha value is -1.18. The molecule has 1 amide bonds. The molecule has 0 bridgehead atoms. The fourth-order valence-corrected chi connectivity index (χ4v) is 1.01. The highest BCUT2D eigenvalue weighted by Crippen LogP contribution is 2.21. The van der Waals surface area contributed by atoms with Crippen LogP contribution in [0.4, 0.5) is 13.2 Å². The zero-order chi connectivity index (χ0) is 11.9. The average molecular weight is 221 g/mol. The third-order valence-electron chi connectivity index (χ3n) is 1.75. The van der Waals surface area contributed by atoms with Crippen LogP contribution in [-0.2, 0) is 4.79 Å². The lowest BCUT2D eigenvalue weighted by Crippen LogP contribution is -2.34. The second-order valence-corrected chi connectivity index (χ2v) is 3.19. The molecule has 0 radical (unpaired) electrons. The second kappa shape index (κ2) is 6.33. The molecule has 0 heterocycles. The van der Waals surface area contributed by atoms with Crippen LogP contribution in [0.1, 0.15) is 32.6 Å². The summed E-state index contributed by atoms with van der Waals surface area (Å²) >= 11 is 0. The van der Waals surface area contributed by atoms with Crippen molar-refractivity contribution in [2.45, 2.75) is 44.8 Å². The van der Waals surface area contributed by atoms with Gasteiger partial charge in [-0.05, 0) is 6.42 Å². The first-order valence-electron chi connectivity index (χ1n) is 4.71. The van der Waals surface area contributed by atoms with E-state index in [1.54, 1.807) is 0 Å². The fourth-order valence-electron chi connectivity index (χ4n) is 1.01. The van der Waals surface area contributed by atoms with Crippen molar-refractivity contribution in [3.8, 4) is 12.3 Å². The van der Waals surface area contributed by atoms with Gasteiger partial charge in [0.1, 0.15) is 0 Å². The van der Waals surface area contributed by atoms with Crippen molar-refractivity contribution in [3.05, 3.63) is 0 Å². The third-order valence-corrected chi connectivity index (χ3v) is 1.75. The number of rotatable bonds is 5. The van der Waals surface area contributed by atoms with Crippen molar-refractivity contribution in [3.63, 3.8) is 0 Å². The number of hydrogen-bond donors (Lipinski definition) is 1. The largest absolute Gasteiger partial charge is 0.389 e. The summed E-state index contributed by atoms with van der Waals surface area (Å²) in [5, 5.41) is 2.37. The number of terminal acetylenes is 1. The van der Waals surface area contributed by atoms with Crippen LogP contribution in [0.5, 0.6) is 0 Å². The Morgan fingerprint density at radius 1 is 1.53 bits per heavy atom. The number of carbonyl (C=O) groups is 1. The molecule has 1 unspecified atom stereocenters. The first kappa shape index (κ1) is 13.8. The SMILES string of the molecule is C#CC(CCC)NC(=O)CCC(F)(F)F. The van der Waals surface area contributed by atoms with E-state index < -0.39 is 31.0 Å². The second-order valence-electron chi connectivity index (χ2n) is 3.19. The van der Waals surface area contributed by atoms with Gasteiger partial charge < -0.3 is 5.32 Å². The Morgan fingerprint density at radius 3 is 2.53 bits per heavy atom. The summed E-state index contributed by atoms with van der Waals surface area (Å²) in [6, 6.07) is -0.462. The topological polar surface area (TPSA) is 29.1 Å². The molecule has 86 valence electrons. The number of halogens is 3. The number of nitrogens with one attached hydrogen (secondary N) is 1. The van der Waals surface area contributed by atoms with Crippen LogP contribution in [0.15, 0.2) is 0 Å². The summed E-state index contributed by atoms with van der Waals surface area (Å²) in [6.07, 6.45) is 0.481. The maximum absolute atomic E-state index is 11.8. The van der Waals surface area contributed by atoms with Gasteiger partial charge in [0.15, 0.2) is 0 Å². The molecule has 0 aliphatic carbocycles. The standard InChI is InChI=1S/C10H14F3NO/c1-3-5-8(4-2)14-9(15)6-7-10(11,12)13/h2,8H,3,5-7H2,1H3,(H,14,15). The van der Waals surface area contributed by atoms with E-state index in [2.05, 4.69) is 11.2 Å². The Kier molecular flexibility index (Phi) is 5.83. The summed E-state index contributed by atoms with van der Waals surface area (Å²) in [4.78, 5) is 11.0. The molecule has 2 nitrogen and oxygen atoms in total. The zero-order valence-corrected chi connectivity index (χ0v) is 8.53. The number of alkyl halides is 3. The number of amides is 1. The van der Waals surface area contributed by atoms with E-state index in [1.807, 2.05) is 6.92 Å². The van der Waals surface area contributed by atoms with Crippen LogP contribution in [0.3, 0.4) is 0 Å². The quantitative estimate of drug-likeness (QED) is 0.709. The summed E-state index contributed by atoms with van der Waals surface area (Å²) < 4.78 is 35.3. The molecule has 0 aliphatic heterocycles. The predicted octanol–water partition coefficient (Wildman–Crippen LogP) is 2.25. The monoisotopic (exact) mass is 221 g/mol. The van der Waals surface area contributed by atoms with Gasteiger partial charge in [0.25, 0.3) is 0 Å². The molecule has 1 atom stereocenters. The normalized spacial score (nSPS) is 13.0. The van der Waals surface area contributed by atoms with E-state index in [-0.39, 0.29) is 0 Å². The zero-order valence-electron chi connectivity index (χ0n) is 8.53. The number of hydrogen-bond acceptors (Lipinski definition) is 1. The van der Waals surface area contributed by atoms with Crippen molar-refractivity contribution in [1.29, 1.82) is 0 Å². The summed E-state index contributed by atoms with van der Waals surface area (Å²) in [5.74, 6) is 1.67. The molecule has 0 aromatic rings. The lowest BCUT2D eigenvalue weighted by Gasteiger charge is -2.12. The van der Waals surface area contributed by atoms with Crippen molar-refractivity contribution in [1.82, 2.24) is 5.32 Å². The van der Waals surface area contributed by atoms with Gasteiger partial charge in [-0.2, -0.15) is 13.2 Å². The molecular formula is C10H14F3NO. The van der Waals surface area contributed by atoms with Crippen LogP contribution >= 0.6 is 0 Å².